The van der Waals surface area contributed by atoms with Gasteiger partial charge in [0.15, 0.2) is 0 Å². The molecule has 5 nitrogen and oxygen atoms in total. The van der Waals surface area contributed by atoms with E-state index in [0.29, 0.717) is 17.4 Å². The lowest BCUT2D eigenvalue weighted by atomic mass is 10.1. The summed E-state index contributed by atoms with van der Waals surface area (Å²) in [5.41, 5.74) is 0. The second kappa shape index (κ2) is 6.53. The van der Waals surface area contributed by atoms with Gasteiger partial charge in [0, 0.05) is 30.1 Å². The first kappa shape index (κ1) is 16.9. The molecule has 2 aliphatic heterocycles. The van der Waals surface area contributed by atoms with E-state index < -0.39 is 10.0 Å². The molecule has 0 aliphatic carbocycles. The molecule has 2 aliphatic rings. The van der Waals surface area contributed by atoms with Gasteiger partial charge in [0.2, 0.25) is 15.9 Å². The molecule has 0 bridgehead atoms. The molecule has 23 heavy (non-hydrogen) atoms. The Morgan fingerprint density at radius 2 is 1.96 bits per heavy atom. The summed E-state index contributed by atoms with van der Waals surface area (Å²) in [5.74, 6) is -0.104. The van der Waals surface area contributed by atoms with Gasteiger partial charge in [-0.2, -0.15) is 4.31 Å². The number of halogens is 1. The Balaban J connectivity index is 1.75. The van der Waals surface area contributed by atoms with Crippen molar-refractivity contribution in [1.82, 2.24) is 9.21 Å². The lowest BCUT2D eigenvalue weighted by Gasteiger charge is -2.25. The summed E-state index contributed by atoms with van der Waals surface area (Å²) in [6, 6.07) is 7.09. The average molecular weight is 401 g/mol. The number of rotatable bonds is 3. The fourth-order valence-corrected chi connectivity index (χ4v) is 5.90. The normalized spacial score (nSPS) is 25.9. The van der Waals surface area contributed by atoms with Gasteiger partial charge in [-0.1, -0.05) is 12.1 Å². The van der Waals surface area contributed by atoms with Crippen LogP contribution in [0.4, 0.5) is 0 Å². The van der Waals surface area contributed by atoms with Crippen molar-refractivity contribution in [3.8, 4) is 0 Å². The molecule has 2 fully saturated rings. The molecule has 0 N–H and O–H groups in total. The molecule has 0 spiro atoms. The number of hydrogen-bond acceptors (Lipinski definition) is 3. The number of benzene rings is 1. The van der Waals surface area contributed by atoms with Gasteiger partial charge in [0.25, 0.3) is 0 Å². The van der Waals surface area contributed by atoms with E-state index in [2.05, 4.69) is 22.9 Å². The maximum absolute atomic E-state index is 12.8. The standard InChI is InChI=1S/C16H21BrN2O3S/c1-12-5-4-9-19(12)16(20)13-8-10-18(11-13)23(21,22)15-7-3-2-6-14(15)17/h2-3,6-7,12-13H,4-5,8-11H2,1H3. The third kappa shape index (κ3) is 3.19. The van der Waals surface area contributed by atoms with Crippen LogP contribution in [0.25, 0.3) is 0 Å². The summed E-state index contributed by atoms with van der Waals surface area (Å²) in [6.07, 6.45) is 2.68. The van der Waals surface area contributed by atoms with Crippen LogP contribution in [-0.2, 0) is 14.8 Å². The van der Waals surface area contributed by atoms with Gasteiger partial charge in [0.05, 0.1) is 10.8 Å². The largest absolute Gasteiger partial charge is 0.340 e. The summed E-state index contributed by atoms with van der Waals surface area (Å²) >= 11 is 3.30. The van der Waals surface area contributed by atoms with Gasteiger partial charge < -0.3 is 4.90 Å². The summed E-state index contributed by atoms with van der Waals surface area (Å²) in [7, 11) is -3.56. The highest BCUT2D eigenvalue weighted by atomic mass is 79.9. The summed E-state index contributed by atoms with van der Waals surface area (Å²) in [5, 5.41) is 0. The van der Waals surface area contributed by atoms with Gasteiger partial charge in [0.1, 0.15) is 0 Å². The van der Waals surface area contributed by atoms with Crippen molar-refractivity contribution < 1.29 is 13.2 Å². The van der Waals surface area contributed by atoms with Crippen LogP contribution in [0.2, 0.25) is 0 Å². The Kier molecular flexibility index (Phi) is 4.80. The molecule has 1 aromatic carbocycles. The molecule has 126 valence electrons. The van der Waals surface area contributed by atoms with E-state index in [4.69, 9.17) is 0 Å². The van der Waals surface area contributed by atoms with E-state index in [1.807, 2.05) is 4.90 Å². The van der Waals surface area contributed by atoms with Crippen LogP contribution in [0.3, 0.4) is 0 Å². The number of hydrogen-bond donors (Lipinski definition) is 0. The Morgan fingerprint density at radius 1 is 1.22 bits per heavy atom. The minimum absolute atomic E-state index is 0.111. The van der Waals surface area contributed by atoms with Gasteiger partial charge >= 0.3 is 0 Å². The Morgan fingerprint density at radius 3 is 2.61 bits per heavy atom. The fraction of sp³-hybridized carbons (Fsp3) is 0.562. The predicted molar refractivity (Wildman–Crippen MR) is 91.4 cm³/mol. The number of sulfonamides is 1. The molecule has 1 aromatic rings. The lowest BCUT2D eigenvalue weighted by Crippen LogP contribution is -2.39. The second-order valence-electron chi connectivity index (χ2n) is 6.30. The van der Waals surface area contributed by atoms with Gasteiger partial charge in [-0.25, -0.2) is 8.42 Å². The zero-order valence-electron chi connectivity index (χ0n) is 13.1. The third-order valence-electron chi connectivity index (χ3n) is 4.79. The molecule has 7 heteroatoms. The average Bonchev–Trinajstić information content (AvgIpc) is 3.16. The van der Waals surface area contributed by atoms with Crippen molar-refractivity contribution in [2.45, 2.75) is 37.1 Å². The molecular formula is C16H21BrN2O3S. The monoisotopic (exact) mass is 400 g/mol. The van der Waals surface area contributed by atoms with E-state index in [1.165, 1.54) is 4.31 Å². The summed E-state index contributed by atoms with van der Waals surface area (Å²) in [6.45, 7) is 3.55. The third-order valence-corrected chi connectivity index (χ3v) is 7.67. The fourth-order valence-electron chi connectivity index (χ4n) is 3.44. The SMILES string of the molecule is CC1CCCN1C(=O)C1CCN(S(=O)(=O)c2ccccc2Br)C1. The van der Waals surface area contributed by atoms with Crippen LogP contribution in [0, 0.1) is 5.92 Å². The number of amides is 1. The van der Waals surface area contributed by atoms with Gasteiger partial charge in [-0.15, -0.1) is 0 Å². The highest BCUT2D eigenvalue weighted by molar-refractivity contribution is 9.10. The van der Waals surface area contributed by atoms with Crippen LogP contribution < -0.4 is 0 Å². The molecular weight excluding hydrogens is 380 g/mol. The summed E-state index contributed by atoms with van der Waals surface area (Å²) in [4.78, 5) is 14.8. The number of likely N-dealkylation sites (tertiary alicyclic amines) is 1. The minimum Gasteiger partial charge on any atom is -0.340 e. The molecule has 2 saturated heterocycles. The van der Waals surface area contributed by atoms with Crippen molar-refractivity contribution in [2.24, 2.45) is 5.92 Å². The Hall–Kier alpha value is -0.920. The second-order valence-corrected chi connectivity index (χ2v) is 9.06. The number of nitrogens with zero attached hydrogens (tertiary/aromatic N) is 2. The first-order valence-electron chi connectivity index (χ1n) is 7.96. The molecule has 0 saturated carbocycles. The molecule has 0 radical (unpaired) electrons. The van der Waals surface area contributed by atoms with Crippen molar-refractivity contribution in [3.63, 3.8) is 0 Å². The maximum Gasteiger partial charge on any atom is 0.244 e. The Labute approximate surface area is 145 Å². The smallest absolute Gasteiger partial charge is 0.244 e. The quantitative estimate of drug-likeness (QED) is 0.782. The molecule has 2 heterocycles. The molecule has 1 amide bonds. The first-order chi connectivity index (χ1) is 10.9. The van der Waals surface area contributed by atoms with Crippen LogP contribution in [0.5, 0.6) is 0 Å². The van der Waals surface area contributed by atoms with E-state index in [0.717, 1.165) is 19.4 Å². The topological polar surface area (TPSA) is 57.7 Å². The van der Waals surface area contributed by atoms with Crippen LogP contribution in [-0.4, -0.2) is 49.2 Å². The Bertz CT molecular complexity index is 707. The van der Waals surface area contributed by atoms with Crippen molar-refractivity contribution in [2.75, 3.05) is 19.6 Å². The van der Waals surface area contributed by atoms with E-state index in [-0.39, 0.29) is 29.3 Å². The maximum atomic E-state index is 12.8. The number of carbonyl (C=O) groups excluding carboxylic acids is 1. The zero-order valence-corrected chi connectivity index (χ0v) is 15.5. The summed E-state index contributed by atoms with van der Waals surface area (Å²) < 4.78 is 27.6. The minimum atomic E-state index is -3.56. The van der Waals surface area contributed by atoms with Crippen LogP contribution in [0.15, 0.2) is 33.6 Å². The highest BCUT2D eigenvalue weighted by Gasteiger charge is 2.39. The zero-order chi connectivity index (χ0) is 16.6. The number of carbonyl (C=O) groups is 1. The van der Waals surface area contributed by atoms with Crippen molar-refractivity contribution in [3.05, 3.63) is 28.7 Å². The van der Waals surface area contributed by atoms with Crippen molar-refractivity contribution >= 4 is 31.9 Å². The van der Waals surface area contributed by atoms with Crippen molar-refractivity contribution in [1.29, 1.82) is 0 Å². The van der Waals surface area contributed by atoms with Gasteiger partial charge in [-0.05, 0) is 54.2 Å². The van der Waals surface area contributed by atoms with Crippen LogP contribution >= 0.6 is 15.9 Å². The molecule has 0 aromatic heterocycles. The van der Waals surface area contributed by atoms with E-state index >= 15 is 0 Å². The lowest BCUT2D eigenvalue weighted by molar-refractivity contribution is -0.135. The van der Waals surface area contributed by atoms with E-state index in [1.54, 1.807) is 24.3 Å². The molecule has 2 unspecified atom stereocenters. The molecule has 2 atom stereocenters. The predicted octanol–water partition coefficient (Wildman–Crippen LogP) is 2.47. The highest BCUT2D eigenvalue weighted by Crippen LogP contribution is 2.30. The van der Waals surface area contributed by atoms with Crippen LogP contribution in [0.1, 0.15) is 26.2 Å². The molecule has 3 rings (SSSR count). The first-order valence-corrected chi connectivity index (χ1v) is 10.2. The van der Waals surface area contributed by atoms with Gasteiger partial charge in [-0.3, -0.25) is 4.79 Å². The van der Waals surface area contributed by atoms with E-state index in [9.17, 15) is 13.2 Å².